The average molecular weight is 236 g/mol. The largest absolute Gasteiger partial charge is 0.497 e. The molecule has 1 rings (SSSR count). The molecule has 0 radical (unpaired) electrons. The number of methoxy groups -OCH3 is 1. The van der Waals surface area contributed by atoms with Gasteiger partial charge in [-0.3, -0.25) is 9.59 Å². The van der Waals surface area contributed by atoms with Crippen molar-refractivity contribution in [3.05, 3.63) is 24.3 Å². The summed E-state index contributed by atoms with van der Waals surface area (Å²) in [5.41, 5.74) is 0.639. The second kappa shape index (κ2) is 6.52. The first kappa shape index (κ1) is 13.0. The molecule has 0 saturated heterocycles. The number of carbonyl (C=O) groups excluding carboxylic acids is 2. The lowest BCUT2D eigenvalue weighted by Gasteiger charge is -2.07. The van der Waals surface area contributed by atoms with Gasteiger partial charge in [0.05, 0.1) is 13.7 Å². The Morgan fingerprint density at radius 1 is 1.29 bits per heavy atom. The van der Waals surface area contributed by atoms with Gasteiger partial charge in [0.25, 0.3) is 0 Å². The summed E-state index contributed by atoms with van der Waals surface area (Å²) in [7, 11) is 1.56. The molecule has 0 atom stereocenters. The number of rotatable bonds is 5. The lowest BCUT2D eigenvalue weighted by Crippen LogP contribution is -2.32. The highest BCUT2D eigenvalue weighted by Gasteiger charge is 2.04. The van der Waals surface area contributed by atoms with E-state index in [1.165, 1.54) is 0 Å². The summed E-state index contributed by atoms with van der Waals surface area (Å²) >= 11 is 0. The predicted molar refractivity (Wildman–Crippen MR) is 64.9 cm³/mol. The number of hydrogen-bond donors (Lipinski definition) is 2. The van der Waals surface area contributed by atoms with Gasteiger partial charge in [0, 0.05) is 18.2 Å². The van der Waals surface area contributed by atoms with E-state index in [9.17, 15) is 9.59 Å². The molecule has 17 heavy (non-hydrogen) atoms. The zero-order chi connectivity index (χ0) is 12.7. The molecule has 0 fully saturated rings. The van der Waals surface area contributed by atoms with Gasteiger partial charge in [-0.05, 0) is 12.1 Å². The van der Waals surface area contributed by atoms with Gasteiger partial charge in [-0.25, -0.2) is 0 Å². The molecule has 5 nitrogen and oxygen atoms in total. The SMILES string of the molecule is CCC(=O)NCC(=O)Nc1cccc(OC)c1. The summed E-state index contributed by atoms with van der Waals surface area (Å²) in [5, 5.41) is 5.16. The van der Waals surface area contributed by atoms with E-state index >= 15 is 0 Å². The van der Waals surface area contributed by atoms with Crippen LogP contribution in [0.15, 0.2) is 24.3 Å². The fraction of sp³-hybridized carbons (Fsp3) is 0.333. The lowest BCUT2D eigenvalue weighted by molar-refractivity contribution is -0.123. The van der Waals surface area contributed by atoms with Gasteiger partial charge in [0.15, 0.2) is 0 Å². The fourth-order valence-corrected chi connectivity index (χ4v) is 1.21. The molecule has 0 aliphatic rings. The Kier molecular flexibility index (Phi) is 5.00. The van der Waals surface area contributed by atoms with Crippen LogP contribution in [0.1, 0.15) is 13.3 Å². The van der Waals surface area contributed by atoms with Crippen LogP contribution in [0.4, 0.5) is 5.69 Å². The Balaban J connectivity index is 2.47. The van der Waals surface area contributed by atoms with E-state index in [0.717, 1.165) is 0 Å². The van der Waals surface area contributed by atoms with Gasteiger partial charge >= 0.3 is 0 Å². The summed E-state index contributed by atoms with van der Waals surface area (Å²) in [4.78, 5) is 22.4. The van der Waals surface area contributed by atoms with Crippen molar-refractivity contribution in [2.75, 3.05) is 19.0 Å². The minimum atomic E-state index is -0.264. The van der Waals surface area contributed by atoms with Crippen molar-refractivity contribution in [3.8, 4) is 5.75 Å². The van der Waals surface area contributed by atoms with Crippen LogP contribution < -0.4 is 15.4 Å². The van der Waals surface area contributed by atoms with Gasteiger partial charge in [-0.1, -0.05) is 13.0 Å². The minimum Gasteiger partial charge on any atom is -0.497 e. The summed E-state index contributed by atoms with van der Waals surface area (Å²) in [6.07, 6.45) is 0.367. The third kappa shape index (κ3) is 4.55. The Hall–Kier alpha value is -2.04. The summed E-state index contributed by atoms with van der Waals surface area (Å²) in [6, 6.07) is 7.02. The molecule has 0 saturated carbocycles. The Bertz CT molecular complexity index is 404. The van der Waals surface area contributed by atoms with E-state index in [2.05, 4.69) is 10.6 Å². The van der Waals surface area contributed by atoms with Gasteiger partial charge in [0.2, 0.25) is 11.8 Å². The molecule has 5 heteroatoms. The van der Waals surface area contributed by atoms with Gasteiger partial charge in [-0.15, -0.1) is 0 Å². The van der Waals surface area contributed by atoms with Crippen molar-refractivity contribution in [1.29, 1.82) is 0 Å². The van der Waals surface area contributed by atoms with Crippen LogP contribution in [0, 0.1) is 0 Å². The van der Waals surface area contributed by atoms with Crippen molar-refractivity contribution in [1.82, 2.24) is 5.32 Å². The quantitative estimate of drug-likeness (QED) is 0.806. The number of hydrogen-bond acceptors (Lipinski definition) is 3. The second-order valence-corrected chi connectivity index (χ2v) is 3.41. The molecule has 0 aliphatic carbocycles. The molecule has 1 aromatic carbocycles. The predicted octanol–water partition coefficient (Wildman–Crippen LogP) is 1.16. The normalized spacial score (nSPS) is 9.53. The van der Waals surface area contributed by atoms with Crippen LogP contribution in [0.3, 0.4) is 0 Å². The molecule has 1 aromatic rings. The molecule has 0 bridgehead atoms. The molecular formula is C12H16N2O3. The smallest absolute Gasteiger partial charge is 0.243 e. The minimum absolute atomic E-state index is 0.0239. The molecule has 0 aliphatic heterocycles. The standard InChI is InChI=1S/C12H16N2O3/c1-3-11(15)13-8-12(16)14-9-5-4-6-10(7-9)17-2/h4-7H,3,8H2,1-2H3,(H,13,15)(H,14,16). The lowest BCUT2D eigenvalue weighted by atomic mass is 10.3. The van der Waals surface area contributed by atoms with Crippen LogP contribution in [0.2, 0.25) is 0 Å². The number of carbonyl (C=O) groups is 2. The summed E-state index contributed by atoms with van der Waals surface area (Å²) in [6.45, 7) is 1.71. The summed E-state index contributed by atoms with van der Waals surface area (Å²) < 4.78 is 5.03. The second-order valence-electron chi connectivity index (χ2n) is 3.41. The van der Waals surface area contributed by atoms with Gasteiger partial charge in [-0.2, -0.15) is 0 Å². The maximum Gasteiger partial charge on any atom is 0.243 e. The number of amides is 2. The van der Waals surface area contributed by atoms with Crippen LogP contribution >= 0.6 is 0 Å². The maximum atomic E-state index is 11.5. The van der Waals surface area contributed by atoms with Crippen molar-refractivity contribution in [3.63, 3.8) is 0 Å². The zero-order valence-corrected chi connectivity index (χ0v) is 9.95. The van der Waals surface area contributed by atoms with Crippen molar-refractivity contribution >= 4 is 17.5 Å². The van der Waals surface area contributed by atoms with Crippen molar-refractivity contribution in [2.24, 2.45) is 0 Å². The molecule has 0 aromatic heterocycles. The van der Waals surface area contributed by atoms with Crippen molar-refractivity contribution < 1.29 is 14.3 Å². The van der Waals surface area contributed by atoms with Crippen LogP contribution in [-0.2, 0) is 9.59 Å². The third-order valence-electron chi connectivity index (χ3n) is 2.12. The maximum absolute atomic E-state index is 11.5. The summed E-state index contributed by atoms with van der Waals surface area (Å²) in [5.74, 6) is 0.256. The highest BCUT2D eigenvalue weighted by Crippen LogP contribution is 2.16. The Labute approximate surface area is 100 Å². The molecule has 2 amide bonds. The van der Waals surface area contributed by atoms with Crippen molar-refractivity contribution in [2.45, 2.75) is 13.3 Å². The molecule has 0 heterocycles. The average Bonchev–Trinajstić information content (AvgIpc) is 2.36. The van der Waals surface area contributed by atoms with E-state index < -0.39 is 0 Å². The number of anilines is 1. The molecule has 92 valence electrons. The Morgan fingerprint density at radius 3 is 2.71 bits per heavy atom. The van der Waals surface area contributed by atoms with E-state index in [1.54, 1.807) is 38.3 Å². The fourth-order valence-electron chi connectivity index (χ4n) is 1.21. The molecule has 0 spiro atoms. The van der Waals surface area contributed by atoms with E-state index in [0.29, 0.717) is 17.9 Å². The molecule has 0 unspecified atom stereocenters. The van der Waals surface area contributed by atoms with Crippen LogP contribution in [0.25, 0.3) is 0 Å². The van der Waals surface area contributed by atoms with Crippen LogP contribution in [-0.4, -0.2) is 25.5 Å². The van der Waals surface area contributed by atoms with E-state index in [-0.39, 0.29) is 18.4 Å². The third-order valence-corrected chi connectivity index (χ3v) is 2.12. The monoisotopic (exact) mass is 236 g/mol. The van der Waals surface area contributed by atoms with Gasteiger partial charge in [0.1, 0.15) is 5.75 Å². The number of nitrogens with one attached hydrogen (secondary N) is 2. The van der Waals surface area contributed by atoms with E-state index in [1.807, 2.05) is 0 Å². The number of benzene rings is 1. The van der Waals surface area contributed by atoms with E-state index in [4.69, 9.17) is 4.74 Å². The Morgan fingerprint density at radius 2 is 2.06 bits per heavy atom. The van der Waals surface area contributed by atoms with Gasteiger partial charge < -0.3 is 15.4 Å². The number of ether oxygens (including phenoxy) is 1. The first-order valence-electron chi connectivity index (χ1n) is 5.36. The highest BCUT2D eigenvalue weighted by atomic mass is 16.5. The molecule has 2 N–H and O–H groups in total. The first-order valence-corrected chi connectivity index (χ1v) is 5.36. The first-order chi connectivity index (χ1) is 8.15. The zero-order valence-electron chi connectivity index (χ0n) is 9.95. The molecular weight excluding hydrogens is 220 g/mol. The topological polar surface area (TPSA) is 67.4 Å². The van der Waals surface area contributed by atoms with Crippen LogP contribution in [0.5, 0.6) is 5.75 Å². The highest BCUT2D eigenvalue weighted by molar-refractivity contribution is 5.94.